The van der Waals surface area contributed by atoms with E-state index in [9.17, 15) is 4.79 Å². The van der Waals surface area contributed by atoms with Crippen LogP contribution in [-0.2, 0) is 4.79 Å². The maximum Gasteiger partial charge on any atom is 0.266 e. The van der Waals surface area contributed by atoms with Crippen molar-refractivity contribution in [3.8, 4) is 11.5 Å². The second kappa shape index (κ2) is 8.80. The highest BCUT2D eigenvalue weighted by molar-refractivity contribution is 8.18. The van der Waals surface area contributed by atoms with Gasteiger partial charge in [-0.05, 0) is 43.0 Å². The van der Waals surface area contributed by atoms with Crippen molar-refractivity contribution in [2.24, 2.45) is 4.99 Å². The molecule has 1 fully saturated rings. The zero-order chi connectivity index (χ0) is 20.1. The maximum absolute atomic E-state index is 12.7. The van der Waals surface area contributed by atoms with Crippen molar-refractivity contribution < 1.29 is 14.3 Å². The Morgan fingerprint density at radius 2 is 1.96 bits per heavy atom. The number of methoxy groups -OCH3 is 1. The van der Waals surface area contributed by atoms with Crippen molar-refractivity contribution in [3.05, 3.63) is 71.2 Å². The van der Waals surface area contributed by atoms with Crippen LogP contribution in [0, 0.1) is 6.92 Å². The SMILES string of the molecule is C=CCOc1c(/C=C2/SC(=Nc3ccc(C)cc3)N(C)C2=O)cccc1OC. The number of carbonyl (C=O) groups is 1. The van der Waals surface area contributed by atoms with Crippen LogP contribution in [-0.4, -0.2) is 36.7 Å². The number of likely N-dealkylation sites (N-methyl/N-ethyl adjacent to an activating group) is 1. The van der Waals surface area contributed by atoms with Crippen LogP contribution in [0.25, 0.3) is 6.08 Å². The molecular weight excluding hydrogens is 372 g/mol. The first-order valence-electron chi connectivity index (χ1n) is 8.77. The van der Waals surface area contributed by atoms with Gasteiger partial charge in [-0.3, -0.25) is 9.69 Å². The molecule has 0 bridgehead atoms. The second-order valence-corrected chi connectivity index (χ2v) is 7.19. The Labute approximate surface area is 169 Å². The van der Waals surface area contributed by atoms with Crippen LogP contribution < -0.4 is 9.47 Å². The number of amidine groups is 1. The van der Waals surface area contributed by atoms with Gasteiger partial charge in [0.15, 0.2) is 16.7 Å². The lowest BCUT2D eigenvalue weighted by Gasteiger charge is -2.12. The summed E-state index contributed by atoms with van der Waals surface area (Å²) in [4.78, 5) is 19.4. The van der Waals surface area contributed by atoms with Crippen LogP contribution in [0.2, 0.25) is 0 Å². The van der Waals surface area contributed by atoms with Gasteiger partial charge in [-0.2, -0.15) is 0 Å². The lowest BCUT2D eigenvalue weighted by Crippen LogP contribution is -2.23. The molecule has 0 spiro atoms. The normalized spacial score (nSPS) is 16.7. The fourth-order valence-electron chi connectivity index (χ4n) is 2.63. The van der Waals surface area contributed by atoms with E-state index < -0.39 is 0 Å². The van der Waals surface area contributed by atoms with E-state index in [0.717, 1.165) is 16.8 Å². The molecule has 144 valence electrons. The van der Waals surface area contributed by atoms with E-state index in [-0.39, 0.29) is 5.91 Å². The van der Waals surface area contributed by atoms with Crippen LogP contribution in [0.5, 0.6) is 11.5 Å². The minimum atomic E-state index is -0.103. The van der Waals surface area contributed by atoms with Crippen molar-refractivity contribution in [3.63, 3.8) is 0 Å². The molecule has 0 atom stereocenters. The number of thioether (sulfide) groups is 1. The summed E-state index contributed by atoms with van der Waals surface area (Å²) < 4.78 is 11.2. The number of benzene rings is 2. The molecular formula is C22H22N2O3S. The number of amides is 1. The standard InChI is InChI=1S/C22H22N2O3S/c1-5-13-27-20-16(7-6-8-18(20)26-4)14-19-21(25)24(3)22(28-19)23-17-11-9-15(2)10-12-17/h5-12,14H,1,13H2,2-4H3/b19-14+,23-22?. The molecule has 0 radical (unpaired) electrons. The van der Waals surface area contributed by atoms with Gasteiger partial charge in [-0.1, -0.05) is 42.5 Å². The number of hydrogen-bond donors (Lipinski definition) is 0. The summed E-state index contributed by atoms with van der Waals surface area (Å²) in [5.74, 6) is 1.08. The highest BCUT2D eigenvalue weighted by Crippen LogP contribution is 2.37. The molecule has 1 aliphatic rings. The average molecular weight is 394 g/mol. The van der Waals surface area contributed by atoms with E-state index >= 15 is 0 Å². The molecule has 3 rings (SSSR count). The summed E-state index contributed by atoms with van der Waals surface area (Å²) in [7, 11) is 3.31. The minimum Gasteiger partial charge on any atom is -0.493 e. The number of rotatable bonds is 6. The molecule has 1 heterocycles. The summed E-state index contributed by atoms with van der Waals surface area (Å²) in [6, 6.07) is 13.4. The summed E-state index contributed by atoms with van der Waals surface area (Å²) in [5.41, 5.74) is 2.74. The Morgan fingerprint density at radius 3 is 2.64 bits per heavy atom. The lowest BCUT2D eigenvalue weighted by atomic mass is 10.1. The monoisotopic (exact) mass is 394 g/mol. The molecule has 1 aliphatic heterocycles. The highest BCUT2D eigenvalue weighted by Gasteiger charge is 2.30. The molecule has 5 nitrogen and oxygen atoms in total. The molecule has 28 heavy (non-hydrogen) atoms. The van der Waals surface area contributed by atoms with Gasteiger partial charge in [0, 0.05) is 12.6 Å². The first-order chi connectivity index (χ1) is 13.5. The van der Waals surface area contributed by atoms with E-state index in [1.807, 2.05) is 55.5 Å². The Balaban J connectivity index is 1.94. The first-order valence-corrected chi connectivity index (χ1v) is 9.58. The molecule has 6 heteroatoms. The molecule has 0 unspecified atom stereocenters. The number of aryl methyl sites for hydroxylation is 1. The average Bonchev–Trinajstić information content (AvgIpc) is 2.96. The van der Waals surface area contributed by atoms with Crippen LogP contribution in [0.4, 0.5) is 5.69 Å². The number of hydrogen-bond acceptors (Lipinski definition) is 5. The fraction of sp³-hybridized carbons (Fsp3) is 0.182. The molecule has 0 N–H and O–H groups in total. The molecule has 0 saturated carbocycles. The smallest absolute Gasteiger partial charge is 0.266 e. The van der Waals surface area contributed by atoms with Crippen molar-refractivity contribution in [2.75, 3.05) is 20.8 Å². The van der Waals surface area contributed by atoms with Crippen LogP contribution >= 0.6 is 11.8 Å². The van der Waals surface area contributed by atoms with Crippen LogP contribution in [0.15, 0.2) is 65.0 Å². The third kappa shape index (κ3) is 4.28. The van der Waals surface area contributed by atoms with Gasteiger partial charge in [0.05, 0.1) is 17.7 Å². The molecule has 2 aromatic carbocycles. The topological polar surface area (TPSA) is 51.1 Å². The largest absolute Gasteiger partial charge is 0.493 e. The van der Waals surface area contributed by atoms with E-state index in [2.05, 4.69) is 11.6 Å². The van der Waals surface area contributed by atoms with Crippen molar-refractivity contribution in [2.45, 2.75) is 6.92 Å². The fourth-order valence-corrected chi connectivity index (χ4v) is 3.60. The van der Waals surface area contributed by atoms with E-state index in [4.69, 9.17) is 9.47 Å². The lowest BCUT2D eigenvalue weighted by molar-refractivity contribution is -0.121. The van der Waals surface area contributed by atoms with Gasteiger partial charge >= 0.3 is 0 Å². The Bertz CT molecular complexity index is 949. The first kappa shape index (κ1) is 19.8. The van der Waals surface area contributed by atoms with Gasteiger partial charge in [-0.25, -0.2) is 4.99 Å². The number of aliphatic imine (C=N–C) groups is 1. The summed E-state index contributed by atoms with van der Waals surface area (Å²) >= 11 is 1.34. The second-order valence-electron chi connectivity index (χ2n) is 6.18. The van der Waals surface area contributed by atoms with Crippen molar-refractivity contribution in [1.29, 1.82) is 0 Å². The molecule has 1 amide bonds. The molecule has 0 aliphatic carbocycles. The van der Waals surface area contributed by atoms with Crippen LogP contribution in [0.1, 0.15) is 11.1 Å². The predicted octanol–water partition coefficient (Wildman–Crippen LogP) is 4.80. The molecule has 0 aromatic heterocycles. The third-order valence-electron chi connectivity index (χ3n) is 4.12. The number of nitrogens with zero attached hydrogens (tertiary/aromatic N) is 2. The number of ether oxygens (including phenoxy) is 2. The summed E-state index contributed by atoms with van der Waals surface area (Å²) in [6.07, 6.45) is 3.47. The van der Waals surface area contributed by atoms with E-state index in [1.165, 1.54) is 11.8 Å². The third-order valence-corrected chi connectivity index (χ3v) is 5.18. The quantitative estimate of drug-likeness (QED) is 0.522. The number of carbonyl (C=O) groups excluding carboxylic acids is 1. The van der Waals surface area contributed by atoms with Gasteiger partial charge < -0.3 is 9.47 Å². The number of para-hydroxylation sites is 1. The predicted molar refractivity (Wildman–Crippen MR) is 115 cm³/mol. The van der Waals surface area contributed by atoms with E-state index in [1.54, 1.807) is 25.1 Å². The zero-order valence-corrected chi connectivity index (χ0v) is 17.0. The Kier molecular flexibility index (Phi) is 6.21. The van der Waals surface area contributed by atoms with Crippen molar-refractivity contribution in [1.82, 2.24) is 4.90 Å². The van der Waals surface area contributed by atoms with Gasteiger partial charge in [0.2, 0.25) is 0 Å². The highest BCUT2D eigenvalue weighted by atomic mass is 32.2. The van der Waals surface area contributed by atoms with Gasteiger partial charge in [0.25, 0.3) is 5.91 Å². The Hall–Kier alpha value is -2.99. The molecule has 2 aromatic rings. The van der Waals surface area contributed by atoms with Crippen molar-refractivity contribution >= 4 is 34.6 Å². The maximum atomic E-state index is 12.7. The molecule has 1 saturated heterocycles. The minimum absolute atomic E-state index is 0.103. The zero-order valence-electron chi connectivity index (χ0n) is 16.1. The summed E-state index contributed by atoms with van der Waals surface area (Å²) in [5, 5.41) is 0.636. The van der Waals surface area contributed by atoms with E-state index in [0.29, 0.717) is 28.2 Å². The summed E-state index contributed by atoms with van der Waals surface area (Å²) in [6.45, 7) is 6.05. The van der Waals surface area contributed by atoms with Gasteiger partial charge in [-0.15, -0.1) is 0 Å². The van der Waals surface area contributed by atoms with Gasteiger partial charge in [0.1, 0.15) is 6.61 Å². The van der Waals surface area contributed by atoms with Crippen LogP contribution in [0.3, 0.4) is 0 Å². The Morgan fingerprint density at radius 1 is 1.21 bits per heavy atom.